The molecular weight excluding hydrogens is 398 g/mol. The first kappa shape index (κ1) is 20.0. The highest BCUT2D eigenvalue weighted by atomic mass is 16.6. The van der Waals surface area contributed by atoms with E-state index in [1.165, 1.54) is 24.4 Å². The Balaban J connectivity index is 1.96. The number of carbonyl (C=O) groups excluding carboxylic acids is 2. The van der Waals surface area contributed by atoms with Crippen molar-refractivity contribution in [2.75, 3.05) is 4.90 Å². The van der Waals surface area contributed by atoms with Gasteiger partial charge in [-0.05, 0) is 24.6 Å². The lowest BCUT2D eigenvalue weighted by atomic mass is 9.94. The van der Waals surface area contributed by atoms with Crippen LogP contribution in [0.25, 0.3) is 5.76 Å². The van der Waals surface area contributed by atoms with Gasteiger partial charge in [0, 0.05) is 23.9 Å². The quantitative estimate of drug-likeness (QED) is 0.227. The van der Waals surface area contributed by atoms with Crippen molar-refractivity contribution in [1.29, 1.82) is 0 Å². The van der Waals surface area contributed by atoms with Crippen molar-refractivity contribution in [2.24, 2.45) is 0 Å². The van der Waals surface area contributed by atoms with Gasteiger partial charge in [-0.2, -0.15) is 0 Å². The van der Waals surface area contributed by atoms with Crippen LogP contribution in [0.15, 0.2) is 78.5 Å². The highest BCUT2D eigenvalue weighted by molar-refractivity contribution is 6.51. The number of aryl methyl sites for hydroxylation is 1. The molecule has 0 aliphatic carbocycles. The Kier molecular flexibility index (Phi) is 5.04. The molecule has 154 valence electrons. The number of anilines is 1. The number of hydrogen-bond donors (Lipinski definition) is 1. The number of nitro groups is 1. The number of nitro benzene ring substituents is 1. The summed E-state index contributed by atoms with van der Waals surface area (Å²) in [6.07, 6.45) is 1.47. The third-order valence-corrected chi connectivity index (χ3v) is 5.06. The van der Waals surface area contributed by atoms with Crippen molar-refractivity contribution >= 4 is 29.0 Å². The number of benzene rings is 2. The minimum absolute atomic E-state index is 0.153. The fourth-order valence-electron chi connectivity index (χ4n) is 3.56. The average molecular weight is 415 g/mol. The summed E-state index contributed by atoms with van der Waals surface area (Å²) in [5.74, 6) is -1.92. The highest BCUT2D eigenvalue weighted by Gasteiger charge is 2.47. The van der Waals surface area contributed by atoms with Gasteiger partial charge < -0.3 is 5.11 Å². The summed E-state index contributed by atoms with van der Waals surface area (Å²) < 4.78 is 0. The number of aliphatic hydroxyl groups excluding tert-OH is 1. The Morgan fingerprint density at radius 2 is 1.81 bits per heavy atom. The molecule has 0 radical (unpaired) electrons. The van der Waals surface area contributed by atoms with Gasteiger partial charge in [0.1, 0.15) is 11.6 Å². The number of carbonyl (C=O) groups is 2. The van der Waals surface area contributed by atoms with E-state index in [4.69, 9.17) is 0 Å². The maximum atomic E-state index is 13.0. The molecule has 1 aliphatic rings. The Labute approximate surface area is 177 Å². The molecule has 1 atom stereocenters. The van der Waals surface area contributed by atoms with E-state index < -0.39 is 22.7 Å². The van der Waals surface area contributed by atoms with Gasteiger partial charge in [-0.3, -0.25) is 24.6 Å². The fraction of sp³-hybridized carbons (Fsp3) is 0.0870. The summed E-state index contributed by atoms with van der Waals surface area (Å²) in [7, 11) is 0. The van der Waals surface area contributed by atoms with Crippen LogP contribution in [0.4, 0.5) is 11.5 Å². The highest BCUT2D eigenvalue weighted by Crippen LogP contribution is 2.42. The molecular formula is C23H17N3O5. The lowest BCUT2D eigenvalue weighted by Crippen LogP contribution is -2.30. The lowest BCUT2D eigenvalue weighted by molar-refractivity contribution is -0.384. The van der Waals surface area contributed by atoms with E-state index in [9.17, 15) is 24.8 Å². The van der Waals surface area contributed by atoms with E-state index in [2.05, 4.69) is 4.98 Å². The van der Waals surface area contributed by atoms with Gasteiger partial charge in [-0.15, -0.1) is 0 Å². The third-order valence-electron chi connectivity index (χ3n) is 5.06. The molecule has 1 N–H and O–H groups in total. The molecule has 0 saturated carbocycles. The van der Waals surface area contributed by atoms with Crippen molar-refractivity contribution in [3.63, 3.8) is 0 Å². The standard InChI is InChI=1S/C23H17N3O5/c1-14-8-10-15(11-9-14)21(27)19-20(16-5-4-6-17(13-16)26(30)31)25(23(29)22(19)28)18-7-2-3-12-24-18/h2-13,20,27H,1H3/b21-19+. The summed E-state index contributed by atoms with van der Waals surface area (Å²) in [6, 6.07) is 16.3. The van der Waals surface area contributed by atoms with Gasteiger partial charge in [-0.1, -0.05) is 48.0 Å². The fourth-order valence-corrected chi connectivity index (χ4v) is 3.56. The molecule has 1 aliphatic heterocycles. The summed E-state index contributed by atoms with van der Waals surface area (Å²) in [6.45, 7) is 1.88. The van der Waals surface area contributed by atoms with Gasteiger partial charge in [0.15, 0.2) is 0 Å². The Morgan fingerprint density at radius 3 is 2.45 bits per heavy atom. The number of Topliss-reactive ketones (excluding diaryl/α,β-unsaturated/α-hetero) is 1. The minimum Gasteiger partial charge on any atom is -0.507 e. The summed E-state index contributed by atoms with van der Waals surface area (Å²) in [5.41, 5.74) is 1.29. The number of hydrogen-bond acceptors (Lipinski definition) is 6. The molecule has 1 unspecified atom stereocenters. The largest absolute Gasteiger partial charge is 0.507 e. The molecule has 0 bridgehead atoms. The molecule has 4 rings (SSSR count). The smallest absolute Gasteiger partial charge is 0.301 e. The predicted octanol–water partition coefficient (Wildman–Crippen LogP) is 3.92. The van der Waals surface area contributed by atoms with Crippen LogP contribution >= 0.6 is 0 Å². The maximum absolute atomic E-state index is 13.0. The van der Waals surface area contributed by atoms with Gasteiger partial charge in [0.05, 0.1) is 16.5 Å². The van der Waals surface area contributed by atoms with Crippen LogP contribution in [0, 0.1) is 17.0 Å². The zero-order valence-electron chi connectivity index (χ0n) is 16.4. The molecule has 0 spiro atoms. The molecule has 1 fully saturated rings. The summed E-state index contributed by atoms with van der Waals surface area (Å²) in [4.78, 5) is 42.0. The van der Waals surface area contributed by atoms with Crippen LogP contribution < -0.4 is 4.90 Å². The van der Waals surface area contributed by atoms with Crippen LogP contribution in [-0.4, -0.2) is 26.7 Å². The summed E-state index contributed by atoms with van der Waals surface area (Å²) in [5, 5.41) is 22.3. The van der Waals surface area contributed by atoms with E-state index >= 15 is 0 Å². The first-order valence-electron chi connectivity index (χ1n) is 9.42. The van der Waals surface area contributed by atoms with Crippen LogP contribution in [0.5, 0.6) is 0 Å². The Hall–Kier alpha value is -4.33. The third kappa shape index (κ3) is 3.55. The van der Waals surface area contributed by atoms with Gasteiger partial charge in [0.25, 0.3) is 11.5 Å². The number of nitrogens with zero attached hydrogens (tertiary/aromatic N) is 3. The van der Waals surface area contributed by atoms with Crippen molar-refractivity contribution in [1.82, 2.24) is 4.98 Å². The molecule has 31 heavy (non-hydrogen) atoms. The number of ketones is 1. The molecule has 1 saturated heterocycles. The molecule has 2 aromatic carbocycles. The molecule has 1 amide bonds. The Bertz CT molecular complexity index is 1220. The number of amides is 1. The van der Waals surface area contributed by atoms with Crippen LogP contribution in [0.3, 0.4) is 0 Å². The van der Waals surface area contributed by atoms with Crippen molar-refractivity contribution in [3.05, 3.63) is 105 Å². The van der Waals surface area contributed by atoms with Gasteiger partial charge in [0.2, 0.25) is 0 Å². The maximum Gasteiger partial charge on any atom is 0.301 e. The van der Waals surface area contributed by atoms with Crippen molar-refractivity contribution in [2.45, 2.75) is 13.0 Å². The number of pyridine rings is 1. The average Bonchev–Trinajstić information content (AvgIpc) is 3.05. The Morgan fingerprint density at radius 1 is 1.06 bits per heavy atom. The number of aliphatic hydroxyl groups is 1. The van der Waals surface area contributed by atoms with Crippen LogP contribution in [-0.2, 0) is 9.59 Å². The van der Waals surface area contributed by atoms with E-state index in [1.54, 1.807) is 48.5 Å². The van der Waals surface area contributed by atoms with Crippen LogP contribution in [0.1, 0.15) is 22.7 Å². The van der Waals surface area contributed by atoms with E-state index in [0.29, 0.717) is 11.1 Å². The van der Waals surface area contributed by atoms with Gasteiger partial charge in [-0.25, -0.2) is 4.98 Å². The molecule has 1 aromatic heterocycles. The van der Waals surface area contributed by atoms with Crippen molar-refractivity contribution in [3.8, 4) is 0 Å². The van der Waals surface area contributed by atoms with Crippen molar-refractivity contribution < 1.29 is 19.6 Å². The van der Waals surface area contributed by atoms with E-state index in [-0.39, 0.29) is 22.8 Å². The molecule has 8 heteroatoms. The second kappa shape index (κ2) is 7.83. The topological polar surface area (TPSA) is 114 Å². The number of aromatic nitrogens is 1. The zero-order valence-corrected chi connectivity index (χ0v) is 16.4. The first-order valence-corrected chi connectivity index (χ1v) is 9.42. The van der Waals surface area contributed by atoms with E-state index in [0.717, 1.165) is 10.5 Å². The number of non-ortho nitro benzene ring substituents is 1. The van der Waals surface area contributed by atoms with Crippen LogP contribution in [0.2, 0.25) is 0 Å². The minimum atomic E-state index is -1.07. The SMILES string of the molecule is Cc1ccc(/C(O)=C2\C(=O)C(=O)N(c3ccccn3)C2c2cccc([N+](=O)[O-])c2)cc1. The number of rotatable bonds is 4. The molecule has 8 nitrogen and oxygen atoms in total. The monoisotopic (exact) mass is 415 g/mol. The zero-order chi connectivity index (χ0) is 22.1. The normalized spacial score (nSPS) is 17.7. The lowest BCUT2D eigenvalue weighted by Gasteiger charge is -2.24. The predicted molar refractivity (Wildman–Crippen MR) is 113 cm³/mol. The van der Waals surface area contributed by atoms with E-state index in [1.807, 2.05) is 6.92 Å². The molecule has 3 aromatic rings. The van der Waals surface area contributed by atoms with Gasteiger partial charge >= 0.3 is 5.91 Å². The second-order valence-corrected chi connectivity index (χ2v) is 7.08. The first-order chi connectivity index (χ1) is 14.9. The second-order valence-electron chi connectivity index (χ2n) is 7.08. The molecule has 2 heterocycles. The summed E-state index contributed by atoms with van der Waals surface area (Å²) >= 11 is 0.